The molecule has 0 aliphatic heterocycles. The summed E-state index contributed by atoms with van der Waals surface area (Å²) in [6.07, 6.45) is 3.24. The fourth-order valence-corrected chi connectivity index (χ4v) is 1.28. The Bertz CT molecular complexity index is 480. The minimum Gasteiger partial charge on any atom is -0.487 e. The van der Waals surface area contributed by atoms with E-state index < -0.39 is 0 Å². The Morgan fingerprint density at radius 1 is 1.38 bits per heavy atom. The minimum atomic E-state index is 0.0730. The maximum atomic E-state index is 5.62. The van der Waals surface area contributed by atoms with E-state index >= 15 is 0 Å². The molecule has 0 radical (unpaired) electrons. The molecule has 0 aromatic carbocycles. The maximum absolute atomic E-state index is 5.62. The van der Waals surface area contributed by atoms with E-state index in [0.29, 0.717) is 11.6 Å². The summed E-state index contributed by atoms with van der Waals surface area (Å²) in [5.74, 6) is 1.45. The number of ether oxygens (including phenoxy) is 1. The number of aromatic nitrogens is 4. The number of pyridine rings is 1. The number of hydrogen-bond acceptors (Lipinski definition) is 5. The van der Waals surface area contributed by atoms with Crippen LogP contribution in [-0.2, 0) is 0 Å². The van der Waals surface area contributed by atoms with Crippen LogP contribution >= 0.6 is 0 Å². The SMILES string of the molecule is CC(C)Oc1cccnc1-n1cnc(N)n1. The molecular formula is C10H13N5O. The molecule has 2 aromatic rings. The summed E-state index contributed by atoms with van der Waals surface area (Å²) in [6.45, 7) is 3.90. The number of nitrogens with zero attached hydrogens (tertiary/aromatic N) is 4. The molecule has 0 fully saturated rings. The first-order valence-electron chi connectivity index (χ1n) is 4.96. The molecule has 0 bridgehead atoms. The lowest BCUT2D eigenvalue weighted by molar-refractivity contribution is 0.240. The first kappa shape index (κ1) is 10.4. The highest BCUT2D eigenvalue weighted by atomic mass is 16.5. The summed E-state index contributed by atoms with van der Waals surface area (Å²) in [7, 11) is 0. The zero-order valence-electron chi connectivity index (χ0n) is 9.16. The summed E-state index contributed by atoms with van der Waals surface area (Å²) in [4.78, 5) is 8.04. The second-order valence-corrected chi connectivity index (χ2v) is 3.54. The first-order chi connectivity index (χ1) is 7.66. The first-order valence-corrected chi connectivity index (χ1v) is 4.96. The van der Waals surface area contributed by atoms with Crippen LogP contribution in [0, 0.1) is 0 Å². The van der Waals surface area contributed by atoms with Crippen molar-refractivity contribution in [2.24, 2.45) is 0 Å². The molecule has 6 nitrogen and oxygen atoms in total. The molecular weight excluding hydrogens is 206 g/mol. The standard InChI is InChI=1S/C10H13N5O/c1-7(2)16-8-4-3-5-12-9(8)15-6-13-10(11)14-15/h3-7H,1-2H3,(H2,11,14). The average molecular weight is 219 g/mol. The van der Waals surface area contributed by atoms with Gasteiger partial charge in [0.1, 0.15) is 6.33 Å². The Morgan fingerprint density at radius 2 is 2.19 bits per heavy atom. The van der Waals surface area contributed by atoms with Gasteiger partial charge >= 0.3 is 0 Å². The molecule has 2 N–H and O–H groups in total. The highest BCUT2D eigenvalue weighted by Crippen LogP contribution is 2.20. The second kappa shape index (κ2) is 4.18. The lowest BCUT2D eigenvalue weighted by atomic mass is 10.4. The molecule has 0 aliphatic rings. The van der Waals surface area contributed by atoms with Crippen molar-refractivity contribution in [3.63, 3.8) is 0 Å². The molecule has 2 rings (SSSR count). The molecule has 0 unspecified atom stereocenters. The molecule has 0 saturated heterocycles. The topological polar surface area (TPSA) is 78.8 Å². The molecule has 6 heteroatoms. The van der Waals surface area contributed by atoms with Crippen molar-refractivity contribution in [2.45, 2.75) is 20.0 Å². The normalized spacial score (nSPS) is 10.7. The maximum Gasteiger partial charge on any atom is 0.239 e. The quantitative estimate of drug-likeness (QED) is 0.834. The molecule has 0 aliphatic carbocycles. The van der Waals surface area contributed by atoms with E-state index in [0.717, 1.165) is 0 Å². The average Bonchev–Trinajstić information content (AvgIpc) is 2.65. The van der Waals surface area contributed by atoms with Gasteiger partial charge in [-0.05, 0) is 26.0 Å². The van der Waals surface area contributed by atoms with Crippen LogP contribution < -0.4 is 10.5 Å². The smallest absolute Gasteiger partial charge is 0.239 e. The molecule has 2 aromatic heterocycles. The molecule has 0 spiro atoms. The Labute approximate surface area is 93.1 Å². The van der Waals surface area contributed by atoms with Gasteiger partial charge in [-0.3, -0.25) is 0 Å². The third kappa shape index (κ3) is 2.10. The van der Waals surface area contributed by atoms with Crippen LogP contribution in [0.2, 0.25) is 0 Å². The number of nitrogen functional groups attached to an aromatic ring is 1. The Morgan fingerprint density at radius 3 is 2.81 bits per heavy atom. The van der Waals surface area contributed by atoms with Gasteiger partial charge in [-0.2, -0.15) is 4.68 Å². The lowest BCUT2D eigenvalue weighted by Gasteiger charge is -2.12. The van der Waals surface area contributed by atoms with E-state index in [1.165, 1.54) is 11.0 Å². The largest absolute Gasteiger partial charge is 0.487 e. The van der Waals surface area contributed by atoms with Crippen molar-refractivity contribution in [3.05, 3.63) is 24.7 Å². The molecule has 0 saturated carbocycles. The van der Waals surface area contributed by atoms with Crippen LogP contribution in [0.25, 0.3) is 5.82 Å². The van der Waals surface area contributed by atoms with Crippen LogP contribution in [0.5, 0.6) is 5.75 Å². The number of anilines is 1. The van der Waals surface area contributed by atoms with Crippen molar-refractivity contribution in [1.82, 2.24) is 19.7 Å². The third-order valence-corrected chi connectivity index (χ3v) is 1.84. The van der Waals surface area contributed by atoms with Gasteiger partial charge in [0.2, 0.25) is 5.95 Å². The van der Waals surface area contributed by atoms with Crippen molar-refractivity contribution >= 4 is 5.95 Å². The number of hydrogen-bond donors (Lipinski definition) is 1. The van der Waals surface area contributed by atoms with Crippen LogP contribution in [0.1, 0.15) is 13.8 Å². The molecule has 84 valence electrons. The Kier molecular flexibility index (Phi) is 2.72. The monoisotopic (exact) mass is 219 g/mol. The van der Waals surface area contributed by atoms with E-state index in [9.17, 15) is 0 Å². The van der Waals surface area contributed by atoms with Crippen molar-refractivity contribution in [2.75, 3.05) is 5.73 Å². The van der Waals surface area contributed by atoms with Crippen LogP contribution in [0.3, 0.4) is 0 Å². The summed E-state index contributed by atoms with van der Waals surface area (Å²) >= 11 is 0. The zero-order valence-corrected chi connectivity index (χ0v) is 9.16. The zero-order chi connectivity index (χ0) is 11.5. The lowest BCUT2D eigenvalue weighted by Crippen LogP contribution is -2.10. The van der Waals surface area contributed by atoms with E-state index in [4.69, 9.17) is 10.5 Å². The van der Waals surface area contributed by atoms with Crippen molar-refractivity contribution < 1.29 is 4.74 Å². The van der Waals surface area contributed by atoms with Gasteiger partial charge in [0.15, 0.2) is 11.6 Å². The minimum absolute atomic E-state index is 0.0730. The second-order valence-electron chi connectivity index (χ2n) is 3.54. The van der Waals surface area contributed by atoms with Crippen LogP contribution in [-0.4, -0.2) is 25.9 Å². The van der Waals surface area contributed by atoms with Gasteiger partial charge < -0.3 is 10.5 Å². The number of nitrogens with two attached hydrogens (primary N) is 1. The summed E-state index contributed by atoms with van der Waals surface area (Å²) in [5, 5.41) is 3.99. The summed E-state index contributed by atoms with van der Waals surface area (Å²) in [6, 6.07) is 3.64. The van der Waals surface area contributed by atoms with Crippen molar-refractivity contribution in [1.29, 1.82) is 0 Å². The van der Waals surface area contributed by atoms with Gasteiger partial charge in [0.25, 0.3) is 0 Å². The van der Waals surface area contributed by atoms with Crippen LogP contribution in [0.15, 0.2) is 24.7 Å². The van der Waals surface area contributed by atoms with E-state index in [1.54, 1.807) is 6.20 Å². The van der Waals surface area contributed by atoms with E-state index in [1.807, 2.05) is 26.0 Å². The predicted octanol–water partition coefficient (Wildman–Crippen LogP) is 1.03. The molecule has 0 atom stereocenters. The Hall–Kier alpha value is -2.11. The summed E-state index contributed by atoms with van der Waals surface area (Å²) < 4.78 is 7.11. The van der Waals surface area contributed by atoms with Gasteiger partial charge in [0, 0.05) is 6.20 Å². The van der Waals surface area contributed by atoms with E-state index in [2.05, 4.69) is 15.1 Å². The number of rotatable bonds is 3. The predicted molar refractivity (Wildman–Crippen MR) is 59.3 cm³/mol. The van der Waals surface area contributed by atoms with Gasteiger partial charge in [0.05, 0.1) is 6.10 Å². The summed E-state index contributed by atoms with van der Waals surface area (Å²) in [5.41, 5.74) is 5.46. The van der Waals surface area contributed by atoms with Gasteiger partial charge in [-0.15, -0.1) is 5.10 Å². The van der Waals surface area contributed by atoms with Crippen molar-refractivity contribution in [3.8, 4) is 11.6 Å². The third-order valence-electron chi connectivity index (χ3n) is 1.84. The highest BCUT2D eigenvalue weighted by molar-refractivity contribution is 5.39. The van der Waals surface area contributed by atoms with Gasteiger partial charge in [-0.25, -0.2) is 9.97 Å². The highest BCUT2D eigenvalue weighted by Gasteiger charge is 2.09. The Balaban J connectivity index is 2.40. The van der Waals surface area contributed by atoms with E-state index in [-0.39, 0.29) is 12.1 Å². The fraction of sp³-hybridized carbons (Fsp3) is 0.300. The van der Waals surface area contributed by atoms with Gasteiger partial charge in [-0.1, -0.05) is 0 Å². The molecule has 2 heterocycles. The molecule has 0 amide bonds. The molecule has 16 heavy (non-hydrogen) atoms. The van der Waals surface area contributed by atoms with Crippen LogP contribution in [0.4, 0.5) is 5.95 Å². The fourth-order valence-electron chi connectivity index (χ4n) is 1.28.